The molecule has 1 aromatic heterocycles. The summed E-state index contributed by atoms with van der Waals surface area (Å²) in [7, 11) is 0. The first-order valence-corrected chi connectivity index (χ1v) is 8.97. The van der Waals surface area contributed by atoms with Gasteiger partial charge in [-0.2, -0.15) is 15.7 Å². The van der Waals surface area contributed by atoms with Gasteiger partial charge in [0.1, 0.15) is 0 Å². The summed E-state index contributed by atoms with van der Waals surface area (Å²) in [5.41, 5.74) is 3.61. The number of carbonyl (C=O) groups excluding carboxylic acids is 1. The van der Waals surface area contributed by atoms with Crippen LogP contribution < -0.4 is 10.0 Å². The number of nitrogens with one attached hydrogen (secondary N) is 1. The molecule has 0 radical (unpaired) electrons. The van der Waals surface area contributed by atoms with Crippen LogP contribution in [0.15, 0.2) is 71.6 Å². The number of benzene rings is 2. The highest BCUT2D eigenvalue weighted by molar-refractivity contribution is 7.20. The number of rotatable bonds is 4. The molecule has 1 unspecified atom stereocenters. The Hall–Kier alpha value is -3.87. The van der Waals surface area contributed by atoms with Crippen LogP contribution in [0.5, 0.6) is 0 Å². The van der Waals surface area contributed by atoms with E-state index in [9.17, 15) is 14.9 Å². The second kappa shape index (κ2) is 6.70. The van der Waals surface area contributed by atoms with Crippen molar-refractivity contribution in [1.29, 1.82) is 5.26 Å². The number of thiophene rings is 1. The number of nitrogens with zero attached hydrogens (tertiary/aromatic N) is 4. The number of hydrogen-bond acceptors (Lipinski definition) is 5. The SMILES string of the molecule is N#Cc1ccc([N+]2(NC(=O)c3cc4ccccc4s3)C=NC=C2[N+](=O)O)cc1. The Labute approximate surface area is 163 Å². The molecule has 9 heteroatoms. The number of fused-ring (bicyclic) bond motifs is 1. The zero-order valence-corrected chi connectivity index (χ0v) is 15.1. The number of hydrogen-bond donors (Lipinski definition) is 2. The van der Waals surface area contributed by atoms with Gasteiger partial charge in [0, 0.05) is 16.8 Å². The van der Waals surface area contributed by atoms with Crippen LogP contribution in [0.1, 0.15) is 15.2 Å². The molecule has 0 fully saturated rings. The van der Waals surface area contributed by atoms with Crippen LogP contribution in [0.4, 0.5) is 5.69 Å². The van der Waals surface area contributed by atoms with Crippen LogP contribution in [-0.4, -0.2) is 22.4 Å². The summed E-state index contributed by atoms with van der Waals surface area (Å²) in [5, 5.41) is 19.5. The number of quaternary nitrogens is 1. The Bertz CT molecular complexity index is 1170. The fraction of sp³-hybridized carbons (Fsp3) is 0. The smallest absolute Gasteiger partial charge is 0.263 e. The van der Waals surface area contributed by atoms with Gasteiger partial charge in [0.15, 0.2) is 11.9 Å². The monoisotopic (exact) mass is 391 g/mol. The lowest BCUT2D eigenvalue weighted by atomic mass is 10.2. The highest BCUT2D eigenvalue weighted by atomic mass is 32.1. The van der Waals surface area contributed by atoms with Crippen LogP contribution in [-0.2, 0) is 0 Å². The van der Waals surface area contributed by atoms with Crippen molar-refractivity contribution in [1.82, 2.24) is 10.0 Å². The minimum absolute atomic E-state index is 0.209. The van der Waals surface area contributed by atoms with E-state index in [1.165, 1.54) is 17.7 Å². The van der Waals surface area contributed by atoms with Gasteiger partial charge in [-0.3, -0.25) is 4.79 Å². The molecule has 0 spiro atoms. The van der Waals surface area contributed by atoms with E-state index in [4.69, 9.17) is 5.26 Å². The highest BCUT2D eigenvalue weighted by Crippen LogP contribution is 2.30. The third-order valence-corrected chi connectivity index (χ3v) is 5.43. The van der Waals surface area contributed by atoms with Crippen molar-refractivity contribution >= 4 is 39.4 Å². The molecule has 0 aliphatic carbocycles. The molecule has 136 valence electrons. The van der Waals surface area contributed by atoms with E-state index in [1.807, 2.05) is 30.3 Å². The van der Waals surface area contributed by atoms with Crippen molar-refractivity contribution < 1.29 is 14.9 Å². The van der Waals surface area contributed by atoms with Crippen LogP contribution >= 0.6 is 11.3 Å². The highest BCUT2D eigenvalue weighted by Gasteiger charge is 2.52. The van der Waals surface area contributed by atoms with Gasteiger partial charge in [-0.15, -0.1) is 11.3 Å². The van der Waals surface area contributed by atoms with Crippen LogP contribution in [0.25, 0.3) is 10.1 Å². The standard InChI is InChI=1S/C19H12N5O3S/c20-10-13-5-7-15(8-6-13)24(12-21-11-18(24)23(26)27)22-19(25)17-9-14-3-1-2-4-16(14)28-17/h1-9,11-12H,(H-,22,25,26,27)/q+1/p+1. The van der Waals surface area contributed by atoms with Crippen molar-refractivity contribution in [2.75, 3.05) is 0 Å². The molecule has 2 N–H and O–H groups in total. The summed E-state index contributed by atoms with van der Waals surface area (Å²) in [6, 6.07) is 17.6. The third kappa shape index (κ3) is 2.83. The van der Waals surface area contributed by atoms with Crippen molar-refractivity contribution in [2.24, 2.45) is 4.99 Å². The Morgan fingerprint density at radius 1 is 1.21 bits per heavy atom. The first kappa shape index (κ1) is 17.5. The van der Waals surface area contributed by atoms with Gasteiger partial charge in [-0.25, -0.2) is 5.21 Å². The predicted molar refractivity (Wildman–Crippen MR) is 104 cm³/mol. The fourth-order valence-corrected chi connectivity index (χ4v) is 3.92. The van der Waals surface area contributed by atoms with Gasteiger partial charge in [0.2, 0.25) is 6.34 Å². The minimum atomic E-state index is -0.612. The lowest BCUT2D eigenvalue weighted by Crippen LogP contribution is -2.60. The average Bonchev–Trinajstić information content (AvgIpc) is 3.33. The fourth-order valence-electron chi connectivity index (χ4n) is 2.96. The van der Waals surface area contributed by atoms with Crippen molar-refractivity contribution in [3.05, 3.63) is 82.0 Å². The number of carbonyl (C=O) groups is 1. The maximum Gasteiger partial charge on any atom is 0.525 e. The first-order valence-electron chi connectivity index (χ1n) is 8.15. The molecule has 1 amide bonds. The van der Waals surface area contributed by atoms with E-state index in [0.717, 1.165) is 16.3 Å². The molecule has 0 saturated heterocycles. The molecule has 0 bridgehead atoms. The molecule has 1 aliphatic heterocycles. The normalized spacial score (nSPS) is 17.9. The molecular formula is C19H13N5O3S+2. The van der Waals surface area contributed by atoms with Gasteiger partial charge in [0.25, 0.3) is 0 Å². The van der Waals surface area contributed by atoms with Crippen LogP contribution in [0.3, 0.4) is 0 Å². The number of aliphatic imine (C=N–C) groups is 1. The summed E-state index contributed by atoms with van der Waals surface area (Å²) in [6.45, 7) is 0. The van der Waals surface area contributed by atoms with E-state index >= 15 is 0 Å². The topological polar surface area (TPSA) is 106 Å². The first-order chi connectivity index (χ1) is 13.5. The van der Waals surface area contributed by atoms with E-state index in [1.54, 1.807) is 30.3 Å². The Morgan fingerprint density at radius 2 is 1.96 bits per heavy atom. The van der Waals surface area contributed by atoms with Crippen molar-refractivity contribution in [3.63, 3.8) is 0 Å². The van der Waals surface area contributed by atoms with Gasteiger partial charge >= 0.3 is 16.7 Å². The Morgan fingerprint density at radius 3 is 2.64 bits per heavy atom. The molecule has 3 aromatic rings. The maximum atomic E-state index is 13.0. The second-order valence-corrected chi connectivity index (χ2v) is 7.08. The summed E-state index contributed by atoms with van der Waals surface area (Å²) in [5.74, 6) is -0.647. The molecule has 8 nitrogen and oxygen atoms in total. The van der Waals surface area contributed by atoms with E-state index in [2.05, 4.69) is 10.4 Å². The van der Waals surface area contributed by atoms with Crippen LogP contribution in [0.2, 0.25) is 0 Å². The molecule has 2 heterocycles. The minimum Gasteiger partial charge on any atom is -0.263 e. The largest absolute Gasteiger partial charge is 0.525 e. The quantitative estimate of drug-likeness (QED) is 0.525. The number of amides is 1. The zero-order valence-electron chi connectivity index (χ0n) is 14.3. The third-order valence-electron chi connectivity index (χ3n) is 4.32. The lowest BCUT2D eigenvalue weighted by Gasteiger charge is -2.24. The van der Waals surface area contributed by atoms with E-state index in [0.29, 0.717) is 16.1 Å². The summed E-state index contributed by atoms with van der Waals surface area (Å²) in [6.07, 6.45) is 2.49. The Balaban J connectivity index is 1.76. The molecule has 1 atom stereocenters. The van der Waals surface area contributed by atoms with Crippen molar-refractivity contribution in [2.45, 2.75) is 0 Å². The summed E-state index contributed by atoms with van der Waals surface area (Å²) < 4.78 is 0.342. The lowest BCUT2D eigenvalue weighted by molar-refractivity contribution is -0.762. The molecule has 1 aliphatic rings. The molecular weight excluding hydrogens is 378 g/mol. The van der Waals surface area contributed by atoms with Gasteiger partial charge in [-0.05, 0) is 34.2 Å². The molecule has 4 rings (SSSR count). The van der Waals surface area contributed by atoms with Crippen LogP contribution in [0, 0.1) is 16.2 Å². The van der Waals surface area contributed by atoms with Gasteiger partial charge in [-0.1, -0.05) is 18.2 Å². The van der Waals surface area contributed by atoms with E-state index < -0.39 is 10.5 Å². The molecule has 2 aromatic carbocycles. The molecule has 0 saturated carbocycles. The van der Waals surface area contributed by atoms with Crippen molar-refractivity contribution in [3.8, 4) is 6.07 Å². The summed E-state index contributed by atoms with van der Waals surface area (Å²) >= 11 is 1.32. The average molecular weight is 391 g/mol. The van der Waals surface area contributed by atoms with Gasteiger partial charge in [0.05, 0.1) is 21.4 Å². The number of nitriles is 1. The second-order valence-electron chi connectivity index (χ2n) is 6.00. The Kier molecular flexibility index (Phi) is 4.19. The zero-order chi connectivity index (χ0) is 19.7. The summed E-state index contributed by atoms with van der Waals surface area (Å²) in [4.78, 5) is 28.8. The van der Waals surface area contributed by atoms with Gasteiger partial charge < -0.3 is 0 Å². The predicted octanol–water partition coefficient (Wildman–Crippen LogP) is 3.43. The maximum absolute atomic E-state index is 13.0. The van der Waals surface area contributed by atoms with E-state index in [-0.39, 0.29) is 10.7 Å². The molecule has 28 heavy (non-hydrogen) atoms.